The first-order valence-electron chi connectivity index (χ1n) is 7.29. The van der Waals surface area contributed by atoms with Crippen molar-refractivity contribution in [1.29, 1.82) is 0 Å². The summed E-state index contributed by atoms with van der Waals surface area (Å²) in [4.78, 5) is 13.2. The Labute approximate surface area is 146 Å². The minimum absolute atomic E-state index is 0.0877. The molecule has 0 aliphatic carbocycles. The standard InChI is InChI=1S/C17H12N4OS2/c22-13(12-5-2-1-3-6-12)11-24-16-9-8-15-18-19-17(21(15)20-16)14-7-4-10-23-14/h1-10H,11H2. The number of hydrogen-bond acceptors (Lipinski definition) is 6. The van der Waals surface area contributed by atoms with Crippen LogP contribution < -0.4 is 0 Å². The third-order valence-electron chi connectivity index (χ3n) is 3.43. The zero-order chi connectivity index (χ0) is 16.4. The number of aromatic nitrogens is 4. The van der Waals surface area contributed by atoms with Crippen LogP contribution in [0.4, 0.5) is 0 Å². The summed E-state index contributed by atoms with van der Waals surface area (Å²) in [5, 5.41) is 15.7. The zero-order valence-corrected chi connectivity index (χ0v) is 14.1. The van der Waals surface area contributed by atoms with E-state index in [2.05, 4.69) is 15.3 Å². The molecule has 0 radical (unpaired) electrons. The molecule has 4 rings (SSSR count). The van der Waals surface area contributed by atoms with Crippen LogP contribution in [0.2, 0.25) is 0 Å². The number of hydrogen-bond donors (Lipinski definition) is 0. The molecule has 0 aliphatic rings. The molecular formula is C17H12N4OS2. The summed E-state index contributed by atoms with van der Waals surface area (Å²) in [6.07, 6.45) is 0. The molecule has 4 aromatic rings. The second-order valence-corrected chi connectivity index (χ2v) is 6.96. The Bertz CT molecular complexity index is 980. The third kappa shape index (κ3) is 2.95. The monoisotopic (exact) mass is 352 g/mol. The molecule has 0 bridgehead atoms. The summed E-state index contributed by atoms with van der Waals surface area (Å²) in [6, 6.07) is 17.0. The molecule has 0 aliphatic heterocycles. The lowest BCUT2D eigenvalue weighted by atomic mass is 10.2. The van der Waals surface area contributed by atoms with Gasteiger partial charge in [-0.15, -0.1) is 21.5 Å². The number of thiophene rings is 1. The number of fused-ring (bicyclic) bond motifs is 1. The number of rotatable bonds is 5. The van der Waals surface area contributed by atoms with Crippen LogP contribution in [0.1, 0.15) is 10.4 Å². The largest absolute Gasteiger partial charge is 0.293 e. The summed E-state index contributed by atoms with van der Waals surface area (Å²) in [6.45, 7) is 0. The Hall–Kier alpha value is -2.51. The number of Topliss-reactive ketones (excluding diaryl/α,β-unsaturated/α-hetero) is 1. The van der Waals surface area contributed by atoms with Crippen LogP contribution in [0.3, 0.4) is 0 Å². The molecule has 7 heteroatoms. The fraction of sp³-hybridized carbons (Fsp3) is 0.0588. The fourth-order valence-corrected chi connectivity index (χ4v) is 3.70. The van der Waals surface area contributed by atoms with Gasteiger partial charge in [0.25, 0.3) is 0 Å². The molecule has 5 nitrogen and oxygen atoms in total. The van der Waals surface area contributed by atoms with E-state index in [0.717, 1.165) is 21.3 Å². The number of ketones is 1. The second kappa shape index (κ2) is 6.54. The first kappa shape index (κ1) is 15.0. The Morgan fingerprint density at radius 3 is 2.71 bits per heavy atom. The lowest BCUT2D eigenvalue weighted by Crippen LogP contribution is -2.03. The fourth-order valence-electron chi connectivity index (χ4n) is 2.26. The Morgan fingerprint density at radius 1 is 1.04 bits per heavy atom. The first-order valence-corrected chi connectivity index (χ1v) is 9.15. The molecule has 0 saturated carbocycles. The van der Waals surface area contributed by atoms with Crippen molar-refractivity contribution in [3.8, 4) is 10.7 Å². The maximum Gasteiger partial charge on any atom is 0.195 e. The van der Waals surface area contributed by atoms with Crippen LogP contribution in [0, 0.1) is 0 Å². The lowest BCUT2D eigenvalue weighted by Gasteiger charge is -2.02. The van der Waals surface area contributed by atoms with Crippen molar-refractivity contribution in [3.63, 3.8) is 0 Å². The van der Waals surface area contributed by atoms with E-state index in [-0.39, 0.29) is 5.78 Å². The summed E-state index contributed by atoms with van der Waals surface area (Å²) in [5.41, 5.74) is 1.41. The van der Waals surface area contributed by atoms with Gasteiger partial charge in [-0.25, -0.2) is 0 Å². The Balaban J connectivity index is 1.57. The van der Waals surface area contributed by atoms with E-state index < -0.39 is 0 Å². The van der Waals surface area contributed by atoms with Crippen molar-refractivity contribution in [2.45, 2.75) is 5.03 Å². The van der Waals surface area contributed by atoms with Gasteiger partial charge in [-0.1, -0.05) is 48.2 Å². The van der Waals surface area contributed by atoms with Gasteiger partial charge in [-0.3, -0.25) is 4.79 Å². The highest BCUT2D eigenvalue weighted by Gasteiger charge is 2.12. The smallest absolute Gasteiger partial charge is 0.195 e. The summed E-state index contributed by atoms with van der Waals surface area (Å²) in [7, 11) is 0. The number of carbonyl (C=O) groups is 1. The molecule has 0 spiro atoms. The van der Waals surface area contributed by atoms with E-state index in [1.165, 1.54) is 11.8 Å². The van der Waals surface area contributed by atoms with Gasteiger partial charge in [0, 0.05) is 5.56 Å². The summed E-state index contributed by atoms with van der Waals surface area (Å²) >= 11 is 3.01. The van der Waals surface area contributed by atoms with Gasteiger partial charge in [0.15, 0.2) is 17.3 Å². The van der Waals surface area contributed by atoms with E-state index in [0.29, 0.717) is 11.4 Å². The maximum atomic E-state index is 12.2. The molecular weight excluding hydrogens is 340 g/mol. The predicted octanol–water partition coefficient (Wildman–Crippen LogP) is 3.83. The van der Waals surface area contributed by atoms with Crippen molar-refractivity contribution >= 4 is 34.5 Å². The van der Waals surface area contributed by atoms with Gasteiger partial charge in [0.1, 0.15) is 5.03 Å². The van der Waals surface area contributed by atoms with Crippen LogP contribution in [-0.2, 0) is 0 Å². The van der Waals surface area contributed by atoms with Crippen LogP contribution in [0.25, 0.3) is 16.3 Å². The van der Waals surface area contributed by atoms with E-state index in [9.17, 15) is 4.79 Å². The van der Waals surface area contributed by atoms with Crippen LogP contribution in [-0.4, -0.2) is 31.3 Å². The average molecular weight is 352 g/mol. The normalized spacial score (nSPS) is 11.0. The lowest BCUT2D eigenvalue weighted by molar-refractivity contribution is 0.102. The molecule has 118 valence electrons. The van der Waals surface area contributed by atoms with E-state index in [4.69, 9.17) is 0 Å². The van der Waals surface area contributed by atoms with Gasteiger partial charge in [-0.05, 0) is 23.6 Å². The highest BCUT2D eigenvalue weighted by atomic mass is 32.2. The van der Waals surface area contributed by atoms with Gasteiger partial charge < -0.3 is 0 Å². The Kier molecular flexibility index (Phi) is 4.10. The number of carbonyl (C=O) groups excluding carboxylic acids is 1. The molecule has 0 unspecified atom stereocenters. The van der Waals surface area contributed by atoms with Gasteiger partial charge >= 0.3 is 0 Å². The highest BCUT2D eigenvalue weighted by Crippen LogP contribution is 2.24. The molecule has 0 N–H and O–H groups in total. The zero-order valence-electron chi connectivity index (χ0n) is 12.5. The van der Waals surface area contributed by atoms with Gasteiger partial charge in [-0.2, -0.15) is 9.61 Å². The molecule has 24 heavy (non-hydrogen) atoms. The summed E-state index contributed by atoms with van der Waals surface area (Å²) < 4.78 is 1.72. The van der Waals surface area contributed by atoms with Gasteiger partial charge in [0.05, 0.1) is 10.6 Å². The van der Waals surface area contributed by atoms with Crippen molar-refractivity contribution < 1.29 is 4.79 Å². The Morgan fingerprint density at radius 2 is 1.92 bits per heavy atom. The third-order valence-corrected chi connectivity index (χ3v) is 5.21. The van der Waals surface area contributed by atoms with Gasteiger partial charge in [0.2, 0.25) is 0 Å². The van der Waals surface area contributed by atoms with Crippen molar-refractivity contribution in [3.05, 3.63) is 65.5 Å². The predicted molar refractivity (Wildman–Crippen MR) is 95.6 cm³/mol. The van der Waals surface area contributed by atoms with Crippen molar-refractivity contribution in [2.75, 3.05) is 5.75 Å². The van der Waals surface area contributed by atoms with E-state index in [1.54, 1.807) is 15.9 Å². The summed E-state index contributed by atoms with van der Waals surface area (Å²) in [5.74, 6) is 1.15. The molecule has 0 fully saturated rings. The van der Waals surface area contributed by atoms with Crippen LogP contribution in [0.5, 0.6) is 0 Å². The minimum atomic E-state index is 0.0877. The topological polar surface area (TPSA) is 60.2 Å². The average Bonchev–Trinajstić information content (AvgIpc) is 3.29. The van der Waals surface area contributed by atoms with E-state index >= 15 is 0 Å². The molecule has 0 saturated heterocycles. The highest BCUT2D eigenvalue weighted by molar-refractivity contribution is 7.99. The molecule has 3 aromatic heterocycles. The second-order valence-electron chi connectivity index (χ2n) is 5.02. The quantitative estimate of drug-likeness (QED) is 0.403. The van der Waals surface area contributed by atoms with Crippen molar-refractivity contribution in [1.82, 2.24) is 19.8 Å². The number of thioether (sulfide) groups is 1. The number of nitrogens with zero attached hydrogens (tertiary/aromatic N) is 4. The van der Waals surface area contributed by atoms with Crippen molar-refractivity contribution in [2.24, 2.45) is 0 Å². The SMILES string of the molecule is O=C(CSc1ccc2nnc(-c3cccs3)n2n1)c1ccccc1. The maximum absolute atomic E-state index is 12.2. The molecule has 0 atom stereocenters. The molecule has 1 aromatic carbocycles. The minimum Gasteiger partial charge on any atom is -0.293 e. The van der Waals surface area contributed by atoms with E-state index in [1.807, 2.05) is 60.0 Å². The van der Waals surface area contributed by atoms with Crippen LogP contribution in [0.15, 0.2) is 65.0 Å². The van der Waals surface area contributed by atoms with Crippen LogP contribution >= 0.6 is 23.1 Å². The molecule has 3 heterocycles. The molecule has 0 amide bonds. The first-order chi connectivity index (χ1) is 11.8. The number of benzene rings is 1.